The molecule has 0 saturated heterocycles. The molecule has 6 heteroatoms. The molecule has 0 heterocycles. The van der Waals surface area contributed by atoms with Crippen LogP contribution in [0.3, 0.4) is 0 Å². The van der Waals surface area contributed by atoms with Crippen LogP contribution >= 0.6 is 0 Å². The molecule has 1 aliphatic carbocycles. The first-order valence-corrected chi connectivity index (χ1v) is 6.28. The molecule has 18 heavy (non-hydrogen) atoms. The zero-order chi connectivity index (χ0) is 13.8. The number of nitrogens with zero attached hydrogens (tertiary/aromatic N) is 1. The van der Waals surface area contributed by atoms with Crippen molar-refractivity contribution in [2.45, 2.75) is 57.7 Å². The van der Waals surface area contributed by atoms with Gasteiger partial charge in [-0.2, -0.15) is 0 Å². The van der Waals surface area contributed by atoms with Crippen molar-refractivity contribution in [3.63, 3.8) is 0 Å². The van der Waals surface area contributed by atoms with Gasteiger partial charge < -0.3 is 21.1 Å². The third-order valence-electron chi connectivity index (χ3n) is 2.75. The minimum atomic E-state index is -0.459. The number of hydrogen-bond acceptors (Lipinski definition) is 3. The molecule has 1 rings (SSSR count). The lowest BCUT2D eigenvalue weighted by Crippen LogP contribution is -2.41. The van der Waals surface area contributed by atoms with Gasteiger partial charge in [0.25, 0.3) is 0 Å². The molecule has 0 aromatic carbocycles. The molecule has 0 radical (unpaired) electrons. The predicted molar refractivity (Wildman–Crippen MR) is 71.5 cm³/mol. The minimum absolute atomic E-state index is 0.141. The first-order valence-electron chi connectivity index (χ1n) is 6.28. The Balaban J connectivity index is 2.32. The molecule has 0 unspecified atom stereocenters. The summed E-state index contributed by atoms with van der Waals surface area (Å²) < 4.78 is 5.22. The Morgan fingerprint density at radius 3 is 2.33 bits per heavy atom. The average molecular weight is 256 g/mol. The number of aliphatic imine (C=N–C) groups is 1. The molecule has 1 amide bonds. The molecular formula is C12H24N4O2. The average Bonchev–Trinajstić information content (AvgIpc) is 2.62. The van der Waals surface area contributed by atoms with Crippen LogP contribution in [0.4, 0.5) is 4.79 Å². The highest BCUT2D eigenvalue weighted by Crippen LogP contribution is 2.19. The van der Waals surface area contributed by atoms with E-state index >= 15 is 0 Å². The summed E-state index contributed by atoms with van der Waals surface area (Å²) in [6.07, 6.45) is 2.38. The Labute approximate surface area is 108 Å². The van der Waals surface area contributed by atoms with Crippen molar-refractivity contribution in [2.75, 3.05) is 7.05 Å². The molecule has 2 atom stereocenters. The van der Waals surface area contributed by atoms with Crippen molar-refractivity contribution in [1.29, 1.82) is 0 Å². The van der Waals surface area contributed by atoms with Crippen LogP contribution < -0.4 is 16.4 Å². The Bertz CT molecular complexity index is 323. The maximum absolute atomic E-state index is 11.6. The van der Waals surface area contributed by atoms with Gasteiger partial charge in [-0.05, 0) is 40.0 Å². The van der Waals surface area contributed by atoms with Crippen molar-refractivity contribution in [1.82, 2.24) is 10.6 Å². The standard InChI is InChI=1S/C12H24N4O2/c1-12(2,3)18-11(17)16-9-6-5-8(7-9)15-10(13)14-4/h8-9H,5-7H2,1-4H3,(H,16,17)(H3,13,14,15)/t8-,9-/m0/s1. The molecular weight excluding hydrogens is 232 g/mol. The topological polar surface area (TPSA) is 88.7 Å². The highest BCUT2D eigenvalue weighted by Gasteiger charge is 2.27. The van der Waals surface area contributed by atoms with Crippen molar-refractivity contribution < 1.29 is 9.53 Å². The van der Waals surface area contributed by atoms with Crippen LogP contribution in [-0.4, -0.2) is 36.8 Å². The molecule has 0 aliphatic heterocycles. The Morgan fingerprint density at radius 1 is 1.28 bits per heavy atom. The van der Waals surface area contributed by atoms with E-state index in [1.165, 1.54) is 0 Å². The normalized spacial score (nSPS) is 24.8. The lowest BCUT2D eigenvalue weighted by Gasteiger charge is -2.21. The van der Waals surface area contributed by atoms with Crippen molar-refractivity contribution in [2.24, 2.45) is 10.7 Å². The molecule has 104 valence electrons. The van der Waals surface area contributed by atoms with Crippen LogP contribution in [-0.2, 0) is 4.74 Å². The predicted octanol–water partition coefficient (Wildman–Crippen LogP) is 0.966. The monoisotopic (exact) mass is 256 g/mol. The van der Waals surface area contributed by atoms with Crippen molar-refractivity contribution >= 4 is 12.1 Å². The van der Waals surface area contributed by atoms with Crippen LogP contribution in [0.25, 0.3) is 0 Å². The fourth-order valence-electron chi connectivity index (χ4n) is 1.99. The molecule has 1 fully saturated rings. The minimum Gasteiger partial charge on any atom is -0.444 e. The number of carbonyl (C=O) groups is 1. The Hall–Kier alpha value is -1.46. The number of guanidine groups is 1. The number of amides is 1. The zero-order valence-corrected chi connectivity index (χ0v) is 11.6. The van der Waals surface area contributed by atoms with Crippen LogP contribution in [0, 0.1) is 0 Å². The van der Waals surface area contributed by atoms with E-state index in [4.69, 9.17) is 10.5 Å². The number of ether oxygens (including phenoxy) is 1. The van der Waals surface area contributed by atoms with Gasteiger partial charge in [0.15, 0.2) is 5.96 Å². The van der Waals surface area contributed by atoms with E-state index in [0.29, 0.717) is 5.96 Å². The molecule has 0 bridgehead atoms. The number of alkyl carbamates (subject to hydrolysis) is 1. The fraction of sp³-hybridized carbons (Fsp3) is 0.833. The smallest absolute Gasteiger partial charge is 0.407 e. The summed E-state index contributed by atoms with van der Waals surface area (Å²) in [5.41, 5.74) is 5.15. The summed E-state index contributed by atoms with van der Waals surface area (Å²) in [4.78, 5) is 15.5. The molecule has 0 spiro atoms. The van der Waals surface area contributed by atoms with Gasteiger partial charge in [-0.15, -0.1) is 0 Å². The summed E-state index contributed by atoms with van der Waals surface area (Å²) in [5, 5.41) is 5.99. The summed E-state index contributed by atoms with van der Waals surface area (Å²) in [7, 11) is 1.65. The second-order valence-electron chi connectivity index (χ2n) is 5.61. The fourth-order valence-corrected chi connectivity index (χ4v) is 1.99. The van der Waals surface area contributed by atoms with Crippen LogP contribution in [0.2, 0.25) is 0 Å². The van der Waals surface area contributed by atoms with Gasteiger partial charge in [0.1, 0.15) is 5.60 Å². The second kappa shape index (κ2) is 5.93. The SMILES string of the molecule is CN=C(N)N[C@H]1CC[C@H](NC(=O)OC(C)(C)C)C1. The molecule has 1 aliphatic rings. The lowest BCUT2D eigenvalue weighted by molar-refractivity contribution is 0.0505. The first kappa shape index (κ1) is 14.6. The number of rotatable bonds is 2. The molecule has 4 N–H and O–H groups in total. The highest BCUT2D eigenvalue weighted by atomic mass is 16.6. The van der Waals surface area contributed by atoms with E-state index < -0.39 is 5.60 Å². The van der Waals surface area contributed by atoms with Gasteiger partial charge in [-0.3, -0.25) is 4.99 Å². The molecule has 0 aromatic heterocycles. The van der Waals surface area contributed by atoms with E-state index in [0.717, 1.165) is 19.3 Å². The third kappa shape index (κ3) is 5.25. The lowest BCUT2D eigenvalue weighted by atomic mass is 10.2. The van der Waals surface area contributed by atoms with E-state index in [-0.39, 0.29) is 18.2 Å². The van der Waals surface area contributed by atoms with E-state index in [2.05, 4.69) is 15.6 Å². The molecule has 6 nitrogen and oxygen atoms in total. The van der Waals surface area contributed by atoms with Crippen molar-refractivity contribution in [3.8, 4) is 0 Å². The third-order valence-corrected chi connectivity index (χ3v) is 2.75. The summed E-state index contributed by atoms with van der Waals surface area (Å²) in [6.45, 7) is 5.55. The Morgan fingerprint density at radius 2 is 1.83 bits per heavy atom. The van der Waals surface area contributed by atoms with Gasteiger partial charge in [0, 0.05) is 19.1 Å². The number of carbonyl (C=O) groups excluding carboxylic acids is 1. The molecule has 1 saturated carbocycles. The van der Waals surface area contributed by atoms with Crippen LogP contribution in [0.1, 0.15) is 40.0 Å². The summed E-state index contributed by atoms with van der Waals surface area (Å²) in [6, 6.07) is 0.413. The van der Waals surface area contributed by atoms with Gasteiger partial charge in [0.05, 0.1) is 0 Å². The maximum atomic E-state index is 11.6. The maximum Gasteiger partial charge on any atom is 0.407 e. The largest absolute Gasteiger partial charge is 0.444 e. The second-order valence-corrected chi connectivity index (χ2v) is 5.61. The van der Waals surface area contributed by atoms with E-state index in [1.807, 2.05) is 20.8 Å². The van der Waals surface area contributed by atoms with Gasteiger partial charge in [0.2, 0.25) is 0 Å². The van der Waals surface area contributed by atoms with Gasteiger partial charge in [-0.1, -0.05) is 0 Å². The number of nitrogens with one attached hydrogen (secondary N) is 2. The van der Waals surface area contributed by atoms with Crippen LogP contribution in [0.15, 0.2) is 4.99 Å². The van der Waals surface area contributed by atoms with Crippen LogP contribution in [0.5, 0.6) is 0 Å². The van der Waals surface area contributed by atoms with Gasteiger partial charge >= 0.3 is 6.09 Å². The number of nitrogens with two attached hydrogens (primary N) is 1. The Kier molecular flexibility index (Phi) is 4.81. The first-order chi connectivity index (χ1) is 8.30. The quantitative estimate of drug-likeness (QED) is 0.507. The number of hydrogen-bond donors (Lipinski definition) is 3. The summed E-state index contributed by atoms with van der Waals surface area (Å²) in [5.74, 6) is 0.443. The van der Waals surface area contributed by atoms with E-state index in [9.17, 15) is 4.79 Å². The molecule has 0 aromatic rings. The van der Waals surface area contributed by atoms with Crippen molar-refractivity contribution in [3.05, 3.63) is 0 Å². The zero-order valence-electron chi connectivity index (χ0n) is 11.6. The highest BCUT2D eigenvalue weighted by molar-refractivity contribution is 5.78. The van der Waals surface area contributed by atoms with Gasteiger partial charge in [-0.25, -0.2) is 4.79 Å². The summed E-state index contributed by atoms with van der Waals surface area (Å²) >= 11 is 0. The van der Waals surface area contributed by atoms with E-state index in [1.54, 1.807) is 7.05 Å².